The molecular formula is C13H14N4O3. The van der Waals surface area contributed by atoms with Crippen LogP contribution in [-0.4, -0.2) is 22.7 Å². The predicted octanol–water partition coefficient (Wildman–Crippen LogP) is 0.246. The molecule has 1 amide bonds. The van der Waals surface area contributed by atoms with E-state index < -0.39 is 0 Å². The van der Waals surface area contributed by atoms with Crippen LogP contribution in [0.5, 0.6) is 5.75 Å². The molecule has 0 spiro atoms. The molecule has 0 fully saturated rings. The summed E-state index contributed by atoms with van der Waals surface area (Å²) in [6.07, 6.45) is 0. The van der Waals surface area contributed by atoms with Gasteiger partial charge in [0.15, 0.2) is 12.4 Å². The van der Waals surface area contributed by atoms with Crippen molar-refractivity contribution in [3.05, 3.63) is 52.3 Å². The molecule has 7 heteroatoms. The molecule has 1 aromatic heterocycles. The summed E-state index contributed by atoms with van der Waals surface area (Å²) in [6.45, 7) is 0.307. The maximum atomic E-state index is 11.6. The van der Waals surface area contributed by atoms with Crippen molar-refractivity contribution in [2.24, 2.45) is 5.73 Å². The number of nitrogens with one attached hydrogen (secondary N) is 2. The predicted molar refractivity (Wildman–Crippen MR) is 73.3 cm³/mol. The van der Waals surface area contributed by atoms with Crippen LogP contribution in [0.25, 0.3) is 0 Å². The number of rotatable bonds is 5. The number of amides is 1. The quantitative estimate of drug-likeness (QED) is 0.723. The number of carbonyl (C=O) groups excluding carboxylic acids is 1. The average Bonchev–Trinajstić information content (AvgIpc) is 2.48. The third-order valence-corrected chi connectivity index (χ3v) is 2.48. The van der Waals surface area contributed by atoms with E-state index in [1.54, 1.807) is 12.1 Å². The molecule has 104 valence electrons. The molecule has 1 aromatic carbocycles. The lowest BCUT2D eigenvalue weighted by Crippen LogP contribution is -2.21. The van der Waals surface area contributed by atoms with Crippen LogP contribution in [0, 0.1) is 0 Å². The minimum absolute atomic E-state index is 0.150. The molecule has 0 bridgehead atoms. The van der Waals surface area contributed by atoms with E-state index in [-0.39, 0.29) is 23.9 Å². The van der Waals surface area contributed by atoms with Crippen LogP contribution in [-0.2, 0) is 11.3 Å². The van der Waals surface area contributed by atoms with Gasteiger partial charge in [0.2, 0.25) is 0 Å². The van der Waals surface area contributed by atoms with E-state index >= 15 is 0 Å². The molecule has 0 aliphatic heterocycles. The summed E-state index contributed by atoms with van der Waals surface area (Å²) >= 11 is 0. The van der Waals surface area contributed by atoms with Gasteiger partial charge in [-0.1, -0.05) is 12.1 Å². The topological polar surface area (TPSA) is 110 Å². The number of nitrogens with zero attached hydrogens (tertiary/aromatic N) is 1. The van der Waals surface area contributed by atoms with Crippen LogP contribution in [0.3, 0.4) is 0 Å². The fraction of sp³-hybridized carbons (Fsp3) is 0.154. The zero-order valence-corrected chi connectivity index (χ0v) is 10.6. The summed E-state index contributed by atoms with van der Waals surface area (Å²) in [6, 6.07) is 9.83. The first-order valence-corrected chi connectivity index (χ1v) is 5.95. The van der Waals surface area contributed by atoms with Gasteiger partial charge in [-0.05, 0) is 23.8 Å². The maximum Gasteiger partial charge on any atom is 0.264 e. The first-order valence-electron chi connectivity index (χ1n) is 5.95. The van der Waals surface area contributed by atoms with Crippen molar-refractivity contribution >= 4 is 11.7 Å². The molecule has 4 N–H and O–H groups in total. The van der Waals surface area contributed by atoms with Crippen molar-refractivity contribution in [1.82, 2.24) is 10.2 Å². The average molecular weight is 274 g/mol. The minimum atomic E-state index is -0.368. The molecule has 2 rings (SSSR count). The second-order valence-corrected chi connectivity index (χ2v) is 3.99. The second kappa shape index (κ2) is 6.48. The Labute approximate surface area is 114 Å². The van der Waals surface area contributed by atoms with Crippen molar-refractivity contribution in [3.63, 3.8) is 0 Å². The summed E-state index contributed by atoms with van der Waals surface area (Å²) in [5.41, 5.74) is 6.13. The highest BCUT2D eigenvalue weighted by Crippen LogP contribution is 2.11. The molecule has 0 saturated heterocycles. The molecular weight excluding hydrogens is 260 g/mol. The lowest BCUT2D eigenvalue weighted by Gasteiger charge is -2.07. The van der Waals surface area contributed by atoms with Crippen molar-refractivity contribution in [2.45, 2.75) is 6.54 Å². The largest absolute Gasteiger partial charge is 0.484 e. The summed E-state index contributed by atoms with van der Waals surface area (Å²) in [7, 11) is 0. The molecule has 0 saturated carbocycles. The summed E-state index contributed by atoms with van der Waals surface area (Å²) in [5.74, 6) is 0.468. The van der Waals surface area contributed by atoms with E-state index in [9.17, 15) is 9.59 Å². The third kappa shape index (κ3) is 3.92. The minimum Gasteiger partial charge on any atom is -0.484 e. The molecule has 0 unspecified atom stereocenters. The molecule has 0 radical (unpaired) electrons. The maximum absolute atomic E-state index is 11.6. The van der Waals surface area contributed by atoms with Crippen molar-refractivity contribution in [1.29, 1.82) is 0 Å². The van der Waals surface area contributed by atoms with E-state index in [2.05, 4.69) is 15.5 Å². The number of H-pyrrole nitrogens is 1. The number of aromatic nitrogens is 2. The van der Waals surface area contributed by atoms with Crippen LogP contribution >= 0.6 is 0 Å². The SMILES string of the molecule is NCc1ccc(OCC(=O)Nc2ccc(=O)[nH]n2)cc1. The Morgan fingerprint density at radius 2 is 2.00 bits per heavy atom. The number of nitrogens with two attached hydrogens (primary N) is 1. The summed E-state index contributed by atoms with van der Waals surface area (Å²) in [4.78, 5) is 22.4. The van der Waals surface area contributed by atoms with Gasteiger partial charge in [-0.2, -0.15) is 5.10 Å². The van der Waals surface area contributed by atoms with Crippen LogP contribution in [0.2, 0.25) is 0 Å². The highest BCUT2D eigenvalue weighted by atomic mass is 16.5. The second-order valence-electron chi connectivity index (χ2n) is 3.99. The number of benzene rings is 1. The van der Waals surface area contributed by atoms with Gasteiger partial charge in [0.25, 0.3) is 11.5 Å². The Morgan fingerprint density at radius 1 is 1.25 bits per heavy atom. The zero-order valence-electron chi connectivity index (χ0n) is 10.6. The first kappa shape index (κ1) is 13.8. The Hall–Kier alpha value is -2.67. The van der Waals surface area contributed by atoms with Gasteiger partial charge in [0.1, 0.15) is 5.75 Å². The van der Waals surface area contributed by atoms with Crippen LogP contribution in [0.15, 0.2) is 41.2 Å². The molecule has 1 heterocycles. The number of anilines is 1. The number of aromatic amines is 1. The van der Waals surface area contributed by atoms with Gasteiger partial charge in [0, 0.05) is 12.6 Å². The smallest absolute Gasteiger partial charge is 0.264 e. The molecule has 2 aromatic rings. The Kier molecular flexibility index (Phi) is 4.46. The molecule has 0 aliphatic rings. The molecule has 7 nitrogen and oxygen atoms in total. The van der Waals surface area contributed by atoms with Gasteiger partial charge in [-0.3, -0.25) is 9.59 Å². The van der Waals surface area contributed by atoms with E-state index in [0.717, 1.165) is 5.56 Å². The lowest BCUT2D eigenvalue weighted by molar-refractivity contribution is -0.118. The van der Waals surface area contributed by atoms with E-state index in [0.29, 0.717) is 12.3 Å². The molecule has 0 aliphatic carbocycles. The Balaban J connectivity index is 1.85. The highest BCUT2D eigenvalue weighted by molar-refractivity contribution is 5.90. The lowest BCUT2D eigenvalue weighted by atomic mass is 10.2. The van der Waals surface area contributed by atoms with Gasteiger partial charge in [-0.25, -0.2) is 5.10 Å². The standard InChI is InChI=1S/C13H14N4O3/c14-7-9-1-3-10(4-2-9)20-8-13(19)15-11-5-6-12(18)17-16-11/h1-6H,7-8,14H2,(H,17,18)(H,15,16,19). The monoisotopic (exact) mass is 274 g/mol. The Morgan fingerprint density at radius 3 is 2.60 bits per heavy atom. The fourth-order valence-corrected chi connectivity index (χ4v) is 1.46. The van der Waals surface area contributed by atoms with Gasteiger partial charge in [-0.15, -0.1) is 0 Å². The van der Waals surface area contributed by atoms with E-state index in [4.69, 9.17) is 10.5 Å². The van der Waals surface area contributed by atoms with Crippen molar-refractivity contribution in [3.8, 4) is 5.75 Å². The van der Waals surface area contributed by atoms with Crippen LogP contribution < -0.4 is 21.3 Å². The first-order chi connectivity index (χ1) is 9.67. The van der Waals surface area contributed by atoms with E-state index in [1.165, 1.54) is 12.1 Å². The normalized spacial score (nSPS) is 10.1. The summed E-state index contributed by atoms with van der Waals surface area (Å²) in [5, 5.41) is 8.37. The van der Waals surface area contributed by atoms with E-state index in [1.807, 2.05) is 12.1 Å². The number of hydrogen-bond acceptors (Lipinski definition) is 5. The van der Waals surface area contributed by atoms with Gasteiger partial charge < -0.3 is 15.8 Å². The fourth-order valence-electron chi connectivity index (χ4n) is 1.46. The van der Waals surface area contributed by atoms with Crippen molar-refractivity contribution < 1.29 is 9.53 Å². The van der Waals surface area contributed by atoms with Gasteiger partial charge >= 0.3 is 0 Å². The number of ether oxygens (including phenoxy) is 1. The van der Waals surface area contributed by atoms with Crippen molar-refractivity contribution in [2.75, 3.05) is 11.9 Å². The Bertz CT molecular complexity index is 616. The third-order valence-electron chi connectivity index (χ3n) is 2.48. The highest BCUT2D eigenvalue weighted by Gasteiger charge is 2.04. The van der Waals surface area contributed by atoms with Gasteiger partial charge in [0.05, 0.1) is 0 Å². The van der Waals surface area contributed by atoms with Crippen LogP contribution in [0.4, 0.5) is 5.82 Å². The molecule has 0 atom stereocenters. The number of hydrogen-bond donors (Lipinski definition) is 3. The zero-order chi connectivity index (χ0) is 14.4. The van der Waals surface area contributed by atoms with Crippen LogP contribution in [0.1, 0.15) is 5.56 Å². The summed E-state index contributed by atoms with van der Waals surface area (Å²) < 4.78 is 5.31. The number of carbonyl (C=O) groups is 1. The molecule has 20 heavy (non-hydrogen) atoms.